The van der Waals surface area contributed by atoms with Gasteiger partial charge in [0.1, 0.15) is 0 Å². The Balaban J connectivity index is 1.21. The fraction of sp³-hybridized carbons (Fsp3) is 0.667. The molecule has 3 aliphatic heterocycles. The van der Waals surface area contributed by atoms with Gasteiger partial charge in [0, 0.05) is 70.0 Å². The van der Waals surface area contributed by atoms with Crippen LogP contribution in [-0.4, -0.2) is 73.6 Å². The molecule has 5 heteroatoms. The molecule has 1 aromatic rings. The first kappa shape index (κ1) is 17.8. The van der Waals surface area contributed by atoms with Crippen molar-refractivity contribution >= 4 is 11.6 Å². The quantitative estimate of drug-likeness (QED) is 0.894. The smallest absolute Gasteiger partial charge is 0.223 e. The minimum absolute atomic E-state index is 0.348. The zero-order valence-corrected chi connectivity index (χ0v) is 16.0. The molecule has 2 unspecified atom stereocenters. The number of anilines is 1. The van der Waals surface area contributed by atoms with E-state index in [1.165, 1.54) is 24.1 Å². The zero-order chi connectivity index (χ0) is 17.9. The molecule has 2 atom stereocenters. The average molecular weight is 357 g/mol. The number of likely N-dealkylation sites (tertiary alicyclic amines) is 1. The maximum Gasteiger partial charge on any atom is 0.223 e. The Morgan fingerprint density at radius 1 is 1.08 bits per heavy atom. The molecule has 0 aromatic heterocycles. The van der Waals surface area contributed by atoms with E-state index in [1.54, 1.807) is 0 Å². The topological polar surface area (TPSA) is 38.8 Å². The van der Waals surface area contributed by atoms with Crippen molar-refractivity contribution in [2.75, 3.05) is 50.7 Å². The van der Waals surface area contributed by atoms with E-state index < -0.39 is 0 Å². The van der Waals surface area contributed by atoms with Gasteiger partial charge < -0.3 is 15.1 Å². The molecule has 0 radical (unpaired) electrons. The Hall–Kier alpha value is -1.59. The van der Waals surface area contributed by atoms with Gasteiger partial charge in [-0.05, 0) is 43.9 Å². The molecular formula is C21H32N4O. The summed E-state index contributed by atoms with van der Waals surface area (Å²) in [7, 11) is 0. The van der Waals surface area contributed by atoms with Crippen molar-refractivity contribution in [2.45, 2.75) is 44.7 Å². The summed E-state index contributed by atoms with van der Waals surface area (Å²) >= 11 is 0. The van der Waals surface area contributed by atoms with Gasteiger partial charge in [-0.3, -0.25) is 9.69 Å². The van der Waals surface area contributed by atoms with E-state index in [9.17, 15) is 4.79 Å². The normalized spacial score (nSPS) is 26.8. The number of hydrogen-bond donors (Lipinski definition) is 1. The van der Waals surface area contributed by atoms with Crippen LogP contribution in [0.4, 0.5) is 5.69 Å². The predicted molar refractivity (Wildman–Crippen MR) is 106 cm³/mol. The fourth-order valence-electron chi connectivity index (χ4n) is 4.64. The Morgan fingerprint density at radius 3 is 2.69 bits per heavy atom. The predicted octanol–water partition coefficient (Wildman–Crippen LogP) is 1.86. The largest absolute Gasteiger partial charge is 0.369 e. The molecule has 1 amide bonds. The van der Waals surface area contributed by atoms with Gasteiger partial charge in [-0.15, -0.1) is 0 Å². The number of piperazine rings is 1. The summed E-state index contributed by atoms with van der Waals surface area (Å²) in [5, 5.41) is 3.66. The highest BCUT2D eigenvalue weighted by Gasteiger charge is 2.31. The number of rotatable bonds is 4. The number of benzene rings is 1. The van der Waals surface area contributed by atoms with E-state index in [0.717, 1.165) is 52.2 Å². The molecule has 1 aromatic carbocycles. The third-order valence-electron chi connectivity index (χ3n) is 6.26. The van der Waals surface area contributed by atoms with E-state index in [-0.39, 0.29) is 0 Å². The van der Waals surface area contributed by atoms with Crippen molar-refractivity contribution in [3.8, 4) is 0 Å². The zero-order valence-electron chi connectivity index (χ0n) is 16.0. The summed E-state index contributed by atoms with van der Waals surface area (Å²) in [6, 6.07) is 9.93. The SMILES string of the molecule is Cc1cccc(N2CCN(CCC(=O)N3CCC4CCC(C3)N4)CC2)c1. The van der Waals surface area contributed by atoms with Crippen LogP contribution in [-0.2, 0) is 4.79 Å². The van der Waals surface area contributed by atoms with Crippen LogP contribution >= 0.6 is 0 Å². The lowest BCUT2D eigenvalue weighted by Gasteiger charge is -2.36. The number of nitrogens with zero attached hydrogens (tertiary/aromatic N) is 3. The van der Waals surface area contributed by atoms with E-state index in [0.29, 0.717) is 24.4 Å². The highest BCUT2D eigenvalue weighted by atomic mass is 16.2. The molecular weight excluding hydrogens is 324 g/mol. The first-order valence-electron chi connectivity index (χ1n) is 10.3. The van der Waals surface area contributed by atoms with Gasteiger partial charge in [0.15, 0.2) is 0 Å². The van der Waals surface area contributed by atoms with Crippen molar-refractivity contribution in [1.82, 2.24) is 15.1 Å². The van der Waals surface area contributed by atoms with Crippen LogP contribution in [0.2, 0.25) is 0 Å². The van der Waals surface area contributed by atoms with Crippen LogP contribution in [0.3, 0.4) is 0 Å². The number of carbonyl (C=O) groups is 1. The molecule has 0 aliphatic carbocycles. The molecule has 3 saturated heterocycles. The number of amides is 1. The Kier molecular flexibility index (Phi) is 5.46. The van der Waals surface area contributed by atoms with Crippen LogP contribution in [0.15, 0.2) is 24.3 Å². The molecule has 3 fully saturated rings. The Bertz CT molecular complexity index is 626. The lowest BCUT2D eigenvalue weighted by Crippen LogP contribution is -2.47. The maximum atomic E-state index is 12.7. The van der Waals surface area contributed by atoms with Crippen molar-refractivity contribution < 1.29 is 4.79 Å². The minimum Gasteiger partial charge on any atom is -0.369 e. The van der Waals surface area contributed by atoms with E-state index in [2.05, 4.69) is 51.2 Å². The Morgan fingerprint density at radius 2 is 1.88 bits per heavy atom. The summed E-state index contributed by atoms with van der Waals surface area (Å²) in [4.78, 5) is 19.7. The summed E-state index contributed by atoms with van der Waals surface area (Å²) in [5.74, 6) is 0.348. The lowest BCUT2D eigenvalue weighted by atomic mass is 10.1. The standard InChI is InChI=1S/C21H32N4O/c1-17-3-2-4-20(15-17)24-13-11-23(12-14-24)9-8-21(26)25-10-7-18-5-6-19(16-25)22-18/h2-4,15,18-19,22H,5-14,16H2,1H3. The molecule has 1 N–H and O–H groups in total. The first-order valence-corrected chi connectivity index (χ1v) is 10.3. The molecule has 3 aliphatic rings. The second-order valence-electron chi connectivity index (χ2n) is 8.18. The molecule has 2 bridgehead atoms. The second-order valence-corrected chi connectivity index (χ2v) is 8.18. The molecule has 3 heterocycles. The average Bonchev–Trinajstić information content (AvgIpc) is 2.99. The number of fused-ring (bicyclic) bond motifs is 2. The summed E-state index contributed by atoms with van der Waals surface area (Å²) in [6.45, 7) is 9.10. The third kappa shape index (κ3) is 4.21. The molecule has 0 saturated carbocycles. The number of hydrogen-bond acceptors (Lipinski definition) is 4. The van der Waals surface area contributed by atoms with Gasteiger partial charge >= 0.3 is 0 Å². The lowest BCUT2D eigenvalue weighted by molar-refractivity contribution is -0.131. The van der Waals surface area contributed by atoms with Crippen LogP contribution in [0.25, 0.3) is 0 Å². The van der Waals surface area contributed by atoms with Crippen LogP contribution in [0.1, 0.15) is 31.2 Å². The van der Waals surface area contributed by atoms with E-state index in [1.807, 2.05) is 0 Å². The van der Waals surface area contributed by atoms with Gasteiger partial charge in [0.2, 0.25) is 5.91 Å². The van der Waals surface area contributed by atoms with E-state index >= 15 is 0 Å². The number of carbonyl (C=O) groups excluding carboxylic acids is 1. The molecule has 4 rings (SSSR count). The first-order chi connectivity index (χ1) is 12.7. The molecule has 142 valence electrons. The monoisotopic (exact) mass is 356 g/mol. The van der Waals surface area contributed by atoms with Crippen LogP contribution < -0.4 is 10.2 Å². The van der Waals surface area contributed by atoms with Gasteiger partial charge in [-0.2, -0.15) is 0 Å². The van der Waals surface area contributed by atoms with Crippen LogP contribution in [0, 0.1) is 6.92 Å². The van der Waals surface area contributed by atoms with Gasteiger partial charge in [0.05, 0.1) is 0 Å². The minimum atomic E-state index is 0.348. The Labute approximate surface area is 157 Å². The highest BCUT2D eigenvalue weighted by Crippen LogP contribution is 2.21. The van der Waals surface area contributed by atoms with Crippen molar-refractivity contribution in [3.05, 3.63) is 29.8 Å². The highest BCUT2D eigenvalue weighted by molar-refractivity contribution is 5.76. The summed E-state index contributed by atoms with van der Waals surface area (Å²) in [5.41, 5.74) is 2.64. The van der Waals surface area contributed by atoms with Gasteiger partial charge in [-0.1, -0.05) is 12.1 Å². The van der Waals surface area contributed by atoms with Gasteiger partial charge in [0.25, 0.3) is 0 Å². The third-order valence-corrected chi connectivity index (χ3v) is 6.26. The molecule has 0 spiro atoms. The van der Waals surface area contributed by atoms with Crippen LogP contribution in [0.5, 0.6) is 0 Å². The van der Waals surface area contributed by atoms with Crippen molar-refractivity contribution in [1.29, 1.82) is 0 Å². The summed E-state index contributed by atoms with van der Waals surface area (Å²) < 4.78 is 0. The maximum absolute atomic E-state index is 12.7. The summed E-state index contributed by atoms with van der Waals surface area (Å²) in [6.07, 6.45) is 4.31. The number of aryl methyl sites for hydroxylation is 1. The number of nitrogens with one attached hydrogen (secondary N) is 1. The van der Waals surface area contributed by atoms with Gasteiger partial charge in [-0.25, -0.2) is 0 Å². The fourth-order valence-corrected chi connectivity index (χ4v) is 4.64. The molecule has 26 heavy (non-hydrogen) atoms. The second kappa shape index (κ2) is 7.97. The van der Waals surface area contributed by atoms with Crippen molar-refractivity contribution in [2.24, 2.45) is 0 Å². The van der Waals surface area contributed by atoms with E-state index in [4.69, 9.17) is 0 Å². The molecule has 5 nitrogen and oxygen atoms in total. The van der Waals surface area contributed by atoms with Crippen molar-refractivity contribution in [3.63, 3.8) is 0 Å².